The second kappa shape index (κ2) is 7.69. The minimum absolute atomic E-state index is 0.616. The lowest BCUT2D eigenvalue weighted by atomic mass is 10.0. The molecule has 0 aromatic heterocycles. The SMILES string of the molecule is CCCCCCCCNC1CCc2ccc(C)cc21. The van der Waals surface area contributed by atoms with Gasteiger partial charge in [-0.05, 0) is 43.9 Å². The summed E-state index contributed by atoms with van der Waals surface area (Å²) in [6.07, 6.45) is 10.8. The zero-order chi connectivity index (χ0) is 13.5. The Morgan fingerprint density at radius 2 is 1.89 bits per heavy atom. The molecule has 0 saturated carbocycles. The Kier molecular flexibility index (Phi) is 5.91. The topological polar surface area (TPSA) is 12.0 Å². The van der Waals surface area contributed by atoms with Crippen LogP contribution in [0.25, 0.3) is 0 Å². The molecule has 1 aromatic carbocycles. The first-order valence-electron chi connectivity index (χ1n) is 8.14. The van der Waals surface area contributed by atoms with Gasteiger partial charge in [-0.2, -0.15) is 0 Å². The highest BCUT2D eigenvalue weighted by Gasteiger charge is 2.21. The fourth-order valence-corrected chi connectivity index (χ4v) is 3.12. The molecule has 0 fully saturated rings. The number of fused-ring (bicyclic) bond motifs is 1. The number of hydrogen-bond acceptors (Lipinski definition) is 1. The van der Waals surface area contributed by atoms with E-state index in [0.29, 0.717) is 6.04 Å². The van der Waals surface area contributed by atoms with Gasteiger partial charge in [-0.1, -0.05) is 62.8 Å². The molecule has 2 rings (SSSR count). The van der Waals surface area contributed by atoms with E-state index in [9.17, 15) is 0 Å². The van der Waals surface area contributed by atoms with Gasteiger partial charge in [0, 0.05) is 6.04 Å². The van der Waals surface area contributed by atoms with Gasteiger partial charge in [0.25, 0.3) is 0 Å². The molecule has 0 bridgehead atoms. The number of nitrogens with one attached hydrogen (secondary N) is 1. The minimum atomic E-state index is 0.616. The molecular formula is C18H29N. The van der Waals surface area contributed by atoms with Crippen LogP contribution in [-0.4, -0.2) is 6.54 Å². The van der Waals surface area contributed by atoms with E-state index >= 15 is 0 Å². The summed E-state index contributed by atoms with van der Waals surface area (Å²) in [4.78, 5) is 0. The van der Waals surface area contributed by atoms with E-state index in [0.717, 1.165) is 0 Å². The number of unbranched alkanes of at least 4 members (excludes halogenated alkanes) is 5. The van der Waals surface area contributed by atoms with E-state index in [4.69, 9.17) is 0 Å². The van der Waals surface area contributed by atoms with Crippen molar-refractivity contribution in [1.29, 1.82) is 0 Å². The lowest BCUT2D eigenvalue weighted by Crippen LogP contribution is -2.20. The Bertz CT molecular complexity index is 383. The summed E-state index contributed by atoms with van der Waals surface area (Å²) >= 11 is 0. The van der Waals surface area contributed by atoms with Crippen LogP contribution >= 0.6 is 0 Å². The predicted molar refractivity (Wildman–Crippen MR) is 83.6 cm³/mol. The monoisotopic (exact) mass is 259 g/mol. The Labute approximate surface area is 118 Å². The molecule has 0 heterocycles. The van der Waals surface area contributed by atoms with Crippen LogP contribution in [0.5, 0.6) is 0 Å². The summed E-state index contributed by atoms with van der Waals surface area (Å²) in [5.74, 6) is 0. The van der Waals surface area contributed by atoms with Crippen molar-refractivity contribution in [2.24, 2.45) is 0 Å². The van der Waals surface area contributed by atoms with Crippen molar-refractivity contribution in [2.75, 3.05) is 6.54 Å². The molecule has 1 heteroatoms. The van der Waals surface area contributed by atoms with Gasteiger partial charge in [-0.15, -0.1) is 0 Å². The number of benzene rings is 1. The molecule has 1 nitrogen and oxygen atoms in total. The third kappa shape index (κ3) is 4.35. The van der Waals surface area contributed by atoms with Crippen LogP contribution in [0.2, 0.25) is 0 Å². The van der Waals surface area contributed by atoms with Crippen molar-refractivity contribution in [2.45, 2.75) is 71.3 Å². The quantitative estimate of drug-likeness (QED) is 0.653. The molecule has 1 aromatic rings. The number of rotatable bonds is 8. The third-order valence-electron chi connectivity index (χ3n) is 4.30. The molecular weight excluding hydrogens is 230 g/mol. The molecule has 0 saturated heterocycles. The summed E-state index contributed by atoms with van der Waals surface area (Å²) in [5.41, 5.74) is 4.52. The predicted octanol–water partition coefficient (Wildman–Crippen LogP) is 4.93. The van der Waals surface area contributed by atoms with E-state index in [1.807, 2.05) is 0 Å². The Morgan fingerprint density at radius 3 is 2.74 bits per heavy atom. The maximum absolute atomic E-state index is 3.76. The highest BCUT2D eigenvalue weighted by molar-refractivity contribution is 5.37. The highest BCUT2D eigenvalue weighted by atomic mass is 14.9. The number of aryl methyl sites for hydroxylation is 2. The van der Waals surface area contributed by atoms with Gasteiger partial charge >= 0.3 is 0 Å². The molecule has 1 aliphatic carbocycles. The van der Waals surface area contributed by atoms with E-state index in [1.165, 1.54) is 63.5 Å². The van der Waals surface area contributed by atoms with E-state index in [-0.39, 0.29) is 0 Å². The first kappa shape index (κ1) is 14.6. The van der Waals surface area contributed by atoms with Crippen molar-refractivity contribution >= 4 is 0 Å². The van der Waals surface area contributed by atoms with Crippen LogP contribution in [0.15, 0.2) is 18.2 Å². The lowest BCUT2D eigenvalue weighted by Gasteiger charge is -2.14. The van der Waals surface area contributed by atoms with Gasteiger partial charge in [0.15, 0.2) is 0 Å². The van der Waals surface area contributed by atoms with E-state index < -0.39 is 0 Å². The average molecular weight is 259 g/mol. The van der Waals surface area contributed by atoms with Crippen LogP contribution < -0.4 is 5.32 Å². The van der Waals surface area contributed by atoms with E-state index in [1.54, 1.807) is 11.1 Å². The summed E-state index contributed by atoms with van der Waals surface area (Å²) in [7, 11) is 0. The van der Waals surface area contributed by atoms with Gasteiger partial charge in [0.05, 0.1) is 0 Å². The molecule has 0 spiro atoms. The van der Waals surface area contributed by atoms with Crippen molar-refractivity contribution in [3.63, 3.8) is 0 Å². The second-order valence-electron chi connectivity index (χ2n) is 6.02. The van der Waals surface area contributed by atoms with Gasteiger partial charge in [-0.3, -0.25) is 0 Å². The summed E-state index contributed by atoms with van der Waals surface area (Å²) in [5, 5.41) is 3.76. The molecule has 106 valence electrons. The second-order valence-corrected chi connectivity index (χ2v) is 6.02. The molecule has 0 radical (unpaired) electrons. The Hall–Kier alpha value is -0.820. The largest absolute Gasteiger partial charge is 0.310 e. The van der Waals surface area contributed by atoms with Crippen molar-refractivity contribution in [3.05, 3.63) is 34.9 Å². The van der Waals surface area contributed by atoms with Crippen LogP contribution in [0.3, 0.4) is 0 Å². The van der Waals surface area contributed by atoms with Crippen LogP contribution in [0.1, 0.15) is 74.6 Å². The maximum atomic E-state index is 3.76. The van der Waals surface area contributed by atoms with Crippen molar-refractivity contribution in [3.8, 4) is 0 Å². The highest BCUT2D eigenvalue weighted by Crippen LogP contribution is 2.31. The van der Waals surface area contributed by atoms with Gasteiger partial charge in [0.2, 0.25) is 0 Å². The van der Waals surface area contributed by atoms with E-state index in [2.05, 4.69) is 37.4 Å². The molecule has 1 unspecified atom stereocenters. The first-order valence-corrected chi connectivity index (χ1v) is 8.14. The van der Waals surface area contributed by atoms with Crippen molar-refractivity contribution in [1.82, 2.24) is 5.32 Å². The third-order valence-corrected chi connectivity index (χ3v) is 4.30. The summed E-state index contributed by atoms with van der Waals surface area (Å²) in [6, 6.07) is 7.55. The molecule has 19 heavy (non-hydrogen) atoms. The fraction of sp³-hybridized carbons (Fsp3) is 0.667. The Balaban J connectivity index is 1.67. The average Bonchev–Trinajstić information content (AvgIpc) is 2.80. The molecule has 1 N–H and O–H groups in total. The zero-order valence-electron chi connectivity index (χ0n) is 12.7. The Morgan fingerprint density at radius 1 is 1.11 bits per heavy atom. The van der Waals surface area contributed by atoms with Crippen LogP contribution in [-0.2, 0) is 6.42 Å². The summed E-state index contributed by atoms with van der Waals surface area (Å²) < 4.78 is 0. The minimum Gasteiger partial charge on any atom is -0.310 e. The van der Waals surface area contributed by atoms with Crippen LogP contribution in [0, 0.1) is 6.92 Å². The maximum Gasteiger partial charge on any atom is 0.0326 e. The zero-order valence-corrected chi connectivity index (χ0v) is 12.7. The van der Waals surface area contributed by atoms with Crippen LogP contribution in [0.4, 0.5) is 0 Å². The molecule has 1 atom stereocenters. The number of hydrogen-bond donors (Lipinski definition) is 1. The van der Waals surface area contributed by atoms with Gasteiger partial charge in [-0.25, -0.2) is 0 Å². The molecule has 0 amide bonds. The van der Waals surface area contributed by atoms with Gasteiger partial charge < -0.3 is 5.32 Å². The lowest BCUT2D eigenvalue weighted by molar-refractivity contribution is 0.501. The standard InChI is InChI=1S/C18H29N/c1-3-4-5-6-7-8-13-19-18-12-11-16-10-9-15(2)14-17(16)18/h9-10,14,18-19H,3-8,11-13H2,1-2H3. The molecule has 1 aliphatic rings. The van der Waals surface area contributed by atoms with Gasteiger partial charge in [0.1, 0.15) is 0 Å². The normalized spacial score (nSPS) is 17.7. The molecule has 0 aliphatic heterocycles. The fourth-order valence-electron chi connectivity index (χ4n) is 3.12. The summed E-state index contributed by atoms with van der Waals surface area (Å²) in [6.45, 7) is 5.66. The van der Waals surface area contributed by atoms with Crippen molar-refractivity contribution < 1.29 is 0 Å². The smallest absolute Gasteiger partial charge is 0.0326 e. The first-order chi connectivity index (χ1) is 9.31.